The topological polar surface area (TPSA) is 109 Å². The zero-order valence-electron chi connectivity index (χ0n) is 9.47. The van der Waals surface area contributed by atoms with Gasteiger partial charge < -0.3 is 21.0 Å². The van der Waals surface area contributed by atoms with Gasteiger partial charge in [0.15, 0.2) is 0 Å². The predicted octanol–water partition coefficient (Wildman–Crippen LogP) is -0.482. The second-order valence-electron chi connectivity index (χ2n) is 4.09. The van der Waals surface area contributed by atoms with Gasteiger partial charge in [0.25, 0.3) is 0 Å². The normalized spacial score (nSPS) is 14.2. The highest BCUT2D eigenvalue weighted by Gasteiger charge is 2.20. The molecule has 0 spiro atoms. The van der Waals surface area contributed by atoms with Gasteiger partial charge in [0.2, 0.25) is 5.91 Å². The van der Waals surface area contributed by atoms with Crippen LogP contribution in [0.3, 0.4) is 0 Å². The minimum absolute atomic E-state index is 0.259. The molecule has 0 aliphatic heterocycles. The molecular weight excluding hydrogens is 212 g/mol. The van der Waals surface area contributed by atoms with Crippen molar-refractivity contribution in [2.75, 3.05) is 0 Å². The maximum Gasteiger partial charge on any atom is 0.305 e. The van der Waals surface area contributed by atoms with Crippen molar-refractivity contribution in [1.29, 1.82) is 0 Å². The van der Waals surface area contributed by atoms with Crippen LogP contribution < -0.4 is 11.1 Å². The summed E-state index contributed by atoms with van der Waals surface area (Å²) in [5.74, 6) is -1.38. The first-order chi connectivity index (χ1) is 7.36. The number of hydrogen-bond donors (Lipinski definition) is 3. The lowest BCUT2D eigenvalue weighted by Gasteiger charge is -2.16. The summed E-state index contributed by atoms with van der Waals surface area (Å²) in [6.07, 6.45) is 0.461. The largest absolute Gasteiger partial charge is 0.481 e. The Morgan fingerprint density at radius 2 is 2.00 bits per heavy atom. The Bertz CT molecular complexity index is 266. The molecule has 4 N–H and O–H groups in total. The van der Waals surface area contributed by atoms with Gasteiger partial charge in [-0.3, -0.25) is 9.59 Å². The van der Waals surface area contributed by atoms with E-state index in [2.05, 4.69) is 5.32 Å². The average molecular weight is 230 g/mol. The molecule has 0 aliphatic rings. The Hall–Kier alpha value is -1.43. The van der Waals surface area contributed by atoms with Crippen LogP contribution in [0.2, 0.25) is 0 Å². The zero-order valence-corrected chi connectivity index (χ0v) is 9.47. The molecule has 0 aromatic carbocycles. The van der Waals surface area contributed by atoms with Crippen molar-refractivity contribution < 1.29 is 19.5 Å². The lowest BCUT2D eigenvalue weighted by molar-refractivity contribution is -0.138. The summed E-state index contributed by atoms with van der Waals surface area (Å²) in [4.78, 5) is 32.3. The summed E-state index contributed by atoms with van der Waals surface area (Å²) in [5.41, 5.74) is 5.58. The van der Waals surface area contributed by atoms with Crippen LogP contribution in [-0.2, 0) is 14.4 Å². The monoisotopic (exact) mass is 230 g/mol. The Kier molecular flexibility index (Phi) is 6.32. The number of amides is 1. The van der Waals surface area contributed by atoms with E-state index in [0.717, 1.165) is 0 Å². The summed E-state index contributed by atoms with van der Waals surface area (Å²) in [7, 11) is 0. The van der Waals surface area contributed by atoms with Gasteiger partial charge in [0, 0.05) is 0 Å². The quantitative estimate of drug-likeness (QED) is 0.512. The SMILES string of the molecule is CC(C)C[C@H](N)C(=O)N[C@H](C=O)CC(=O)O. The Morgan fingerprint density at radius 3 is 2.38 bits per heavy atom. The first kappa shape index (κ1) is 14.6. The molecule has 0 bridgehead atoms. The molecule has 0 heterocycles. The van der Waals surface area contributed by atoms with Crippen LogP contribution in [0.4, 0.5) is 0 Å². The minimum Gasteiger partial charge on any atom is -0.481 e. The van der Waals surface area contributed by atoms with Gasteiger partial charge >= 0.3 is 5.97 Å². The number of nitrogens with two attached hydrogens (primary N) is 1. The molecule has 1 amide bonds. The number of carbonyl (C=O) groups is 3. The van der Waals surface area contributed by atoms with Gasteiger partial charge in [0.05, 0.1) is 18.5 Å². The fourth-order valence-corrected chi connectivity index (χ4v) is 1.23. The number of aliphatic carboxylic acids is 1. The molecule has 0 aromatic rings. The van der Waals surface area contributed by atoms with E-state index < -0.39 is 30.4 Å². The second-order valence-corrected chi connectivity index (χ2v) is 4.09. The summed E-state index contributed by atoms with van der Waals surface area (Å²) in [6.45, 7) is 3.84. The van der Waals surface area contributed by atoms with E-state index in [-0.39, 0.29) is 5.92 Å². The fraction of sp³-hybridized carbons (Fsp3) is 0.700. The van der Waals surface area contributed by atoms with Crippen LogP contribution >= 0.6 is 0 Å². The number of rotatable bonds is 7. The van der Waals surface area contributed by atoms with Gasteiger partial charge in [0.1, 0.15) is 6.29 Å². The standard InChI is InChI=1S/C10H18N2O4/c1-6(2)3-8(11)10(16)12-7(5-13)4-9(14)15/h5-8H,3-4,11H2,1-2H3,(H,12,16)(H,14,15)/t7-,8-/m0/s1. The van der Waals surface area contributed by atoms with Crippen LogP contribution in [0, 0.1) is 5.92 Å². The Morgan fingerprint density at radius 1 is 1.44 bits per heavy atom. The lowest BCUT2D eigenvalue weighted by Crippen LogP contribution is -2.47. The van der Waals surface area contributed by atoms with Crippen LogP contribution in [0.25, 0.3) is 0 Å². The molecule has 2 atom stereocenters. The van der Waals surface area contributed by atoms with E-state index in [1.807, 2.05) is 13.8 Å². The average Bonchev–Trinajstić information content (AvgIpc) is 2.14. The van der Waals surface area contributed by atoms with Crippen molar-refractivity contribution in [3.63, 3.8) is 0 Å². The molecule has 6 heteroatoms. The van der Waals surface area contributed by atoms with Crippen LogP contribution in [0.1, 0.15) is 26.7 Å². The van der Waals surface area contributed by atoms with Crippen molar-refractivity contribution in [2.24, 2.45) is 11.7 Å². The van der Waals surface area contributed by atoms with Crippen LogP contribution in [0.5, 0.6) is 0 Å². The molecule has 16 heavy (non-hydrogen) atoms. The van der Waals surface area contributed by atoms with Crippen molar-refractivity contribution in [1.82, 2.24) is 5.32 Å². The molecule has 0 fully saturated rings. The highest BCUT2D eigenvalue weighted by molar-refractivity contribution is 5.85. The van der Waals surface area contributed by atoms with E-state index >= 15 is 0 Å². The molecule has 0 saturated carbocycles. The zero-order chi connectivity index (χ0) is 12.7. The molecule has 6 nitrogen and oxygen atoms in total. The smallest absolute Gasteiger partial charge is 0.305 e. The van der Waals surface area contributed by atoms with Gasteiger partial charge in [-0.25, -0.2) is 0 Å². The summed E-state index contributed by atoms with van der Waals surface area (Å²) in [6, 6.07) is -1.72. The van der Waals surface area contributed by atoms with E-state index in [9.17, 15) is 14.4 Å². The van der Waals surface area contributed by atoms with Crippen LogP contribution in [-0.4, -0.2) is 35.4 Å². The summed E-state index contributed by atoms with van der Waals surface area (Å²) < 4.78 is 0. The second kappa shape index (κ2) is 6.95. The van der Waals surface area contributed by atoms with Gasteiger partial charge in [-0.2, -0.15) is 0 Å². The highest BCUT2D eigenvalue weighted by atomic mass is 16.4. The molecule has 92 valence electrons. The number of carbonyl (C=O) groups excluding carboxylic acids is 2. The lowest BCUT2D eigenvalue weighted by atomic mass is 10.0. The number of aldehydes is 1. The fourth-order valence-electron chi connectivity index (χ4n) is 1.23. The van der Waals surface area contributed by atoms with E-state index in [4.69, 9.17) is 10.8 Å². The maximum absolute atomic E-state index is 11.4. The van der Waals surface area contributed by atoms with Crippen molar-refractivity contribution in [2.45, 2.75) is 38.8 Å². The van der Waals surface area contributed by atoms with E-state index in [0.29, 0.717) is 12.7 Å². The minimum atomic E-state index is -1.14. The molecule has 0 aromatic heterocycles. The third-order valence-corrected chi connectivity index (χ3v) is 1.95. The molecule has 0 unspecified atom stereocenters. The predicted molar refractivity (Wildman–Crippen MR) is 57.7 cm³/mol. The van der Waals surface area contributed by atoms with E-state index in [1.54, 1.807) is 0 Å². The van der Waals surface area contributed by atoms with Gasteiger partial charge in [-0.15, -0.1) is 0 Å². The number of hydrogen-bond acceptors (Lipinski definition) is 4. The number of carboxylic acids is 1. The molecule has 0 saturated heterocycles. The molecule has 0 rings (SSSR count). The third-order valence-electron chi connectivity index (χ3n) is 1.95. The Balaban J connectivity index is 4.18. The number of carboxylic acid groups (broad SMARTS) is 1. The molecular formula is C10H18N2O4. The maximum atomic E-state index is 11.4. The van der Waals surface area contributed by atoms with Gasteiger partial charge in [-0.05, 0) is 12.3 Å². The Labute approximate surface area is 94.2 Å². The molecule has 0 radical (unpaired) electrons. The first-order valence-electron chi connectivity index (χ1n) is 5.09. The molecule has 0 aliphatic carbocycles. The van der Waals surface area contributed by atoms with Gasteiger partial charge in [-0.1, -0.05) is 13.8 Å². The van der Waals surface area contributed by atoms with E-state index in [1.165, 1.54) is 0 Å². The van der Waals surface area contributed by atoms with Crippen LogP contribution in [0.15, 0.2) is 0 Å². The first-order valence-corrected chi connectivity index (χ1v) is 5.09. The highest BCUT2D eigenvalue weighted by Crippen LogP contribution is 2.03. The van der Waals surface area contributed by atoms with Crippen molar-refractivity contribution in [3.8, 4) is 0 Å². The van der Waals surface area contributed by atoms with Crippen molar-refractivity contribution >= 4 is 18.2 Å². The van der Waals surface area contributed by atoms with Crippen molar-refractivity contribution in [3.05, 3.63) is 0 Å². The summed E-state index contributed by atoms with van der Waals surface area (Å²) in [5, 5.41) is 10.8. The number of nitrogens with one attached hydrogen (secondary N) is 1. The summed E-state index contributed by atoms with van der Waals surface area (Å²) >= 11 is 0. The third kappa shape index (κ3) is 6.13.